The van der Waals surface area contributed by atoms with Crippen LogP contribution in [0.2, 0.25) is 0 Å². The van der Waals surface area contributed by atoms with Crippen molar-refractivity contribution in [3.8, 4) is 17.2 Å². The predicted molar refractivity (Wildman–Crippen MR) is 93.9 cm³/mol. The first-order valence-electron chi connectivity index (χ1n) is 8.13. The molecule has 0 fully saturated rings. The third-order valence-electron chi connectivity index (χ3n) is 4.36. The second-order valence-corrected chi connectivity index (χ2v) is 5.97. The molecule has 2 heterocycles. The number of carbonyl (C=O) groups excluding carboxylic acids is 1. The number of nitrogens with zero attached hydrogens (tertiary/aromatic N) is 1. The van der Waals surface area contributed by atoms with Gasteiger partial charge in [-0.2, -0.15) is 0 Å². The molecule has 0 bridgehead atoms. The third kappa shape index (κ3) is 3.24. The molecule has 0 spiro atoms. The molecule has 0 saturated carbocycles. The largest absolute Gasteiger partial charge is 0.508 e. The summed E-state index contributed by atoms with van der Waals surface area (Å²) < 4.78 is 10.6. The van der Waals surface area contributed by atoms with Crippen LogP contribution in [0.25, 0.3) is 5.57 Å². The number of carbonyl (C=O) groups is 1. The number of nitrogens with one attached hydrogen (secondary N) is 1. The fourth-order valence-electron chi connectivity index (χ4n) is 2.97. The highest BCUT2D eigenvalue weighted by atomic mass is 16.7. The van der Waals surface area contributed by atoms with Crippen molar-refractivity contribution in [3.63, 3.8) is 0 Å². The zero-order valence-electron chi connectivity index (χ0n) is 13.6. The molecule has 0 saturated heterocycles. The van der Waals surface area contributed by atoms with Crippen LogP contribution in [0.3, 0.4) is 0 Å². The lowest BCUT2D eigenvalue weighted by Gasteiger charge is -2.27. The van der Waals surface area contributed by atoms with E-state index in [-0.39, 0.29) is 18.6 Å². The number of fused-ring (bicyclic) bond motifs is 1. The van der Waals surface area contributed by atoms with E-state index in [2.05, 4.69) is 11.4 Å². The molecular formula is C19H18N2O4. The standard InChI is InChI=1S/C19H18N2O4/c22-16-4-1-13(2-5-16)14-7-9-21(10-8-14)19(23)20-15-3-6-17-18(11-15)25-12-24-17/h1-7,11,22H,8-10,12H2,(H,20,23). The number of hydrogen-bond donors (Lipinski definition) is 2. The van der Waals surface area contributed by atoms with Crippen LogP contribution in [0.15, 0.2) is 48.5 Å². The van der Waals surface area contributed by atoms with Gasteiger partial charge in [-0.25, -0.2) is 4.79 Å². The highest BCUT2D eigenvalue weighted by Gasteiger charge is 2.19. The van der Waals surface area contributed by atoms with Crippen LogP contribution in [0.5, 0.6) is 17.2 Å². The maximum atomic E-state index is 12.4. The molecule has 2 aliphatic heterocycles. The Labute approximate surface area is 145 Å². The second kappa shape index (κ2) is 6.39. The minimum Gasteiger partial charge on any atom is -0.508 e. The van der Waals surface area contributed by atoms with E-state index >= 15 is 0 Å². The number of amides is 2. The van der Waals surface area contributed by atoms with Crippen LogP contribution in [-0.2, 0) is 0 Å². The van der Waals surface area contributed by atoms with Crippen LogP contribution in [0.1, 0.15) is 12.0 Å². The van der Waals surface area contributed by atoms with Gasteiger partial charge in [0.2, 0.25) is 6.79 Å². The summed E-state index contributed by atoms with van der Waals surface area (Å²) in [4.78, 5) is 14.2. The molecule has 0 aliphatic carbocycles. The lowest BCUT2D eigenvalue weighted by atomic mass is 9.99. The van der Waals surface area contributed by atoms with Crippen molar-refractivity contribution in [1.82, 2.24) is 4.90 Å². The number of phenols is 1. The zero-order valence-corrected chi connectivity index (χ0v) is 13.6. The number of aromatic hydroxyl groups is 1. The van der Waals surface area contributed by atoms with Gasteiger partial charge < -0.3 is 24.8 Å². The molecule has 6 heteroatoms. The average Bonchev–Trinajstić information content (AvgIpc) is 3.10. The molecule has 0 radical (unpaired) electrons. The fraction of sp³-hybridized carbons (Fsp3) is 0.211. The van der Waals surface area contributed by atoms with Crippen molar-refractivity contribution in [2.75, 3.05) is 25.2 Å². The van der Waals surface area contributed by atoms with Gasteiger partial charge in [-0.15, -0.1) is 0 Å². The van der Waals surface area contributed by atoms with Gasteiger partial charge in [0.1, 0.15) is 5.75 Å². The Balaban J connectivity index is 1.40. The Hall–Kier alpha value is -3.15. The topological polar surface area (TPSA) is 71.0 Å². The molecule has 0 atom stereocenters. The van der Waals surface area contributed by atoms with E-state index in [0.717, 1.165) is 12.0 Å². The summed E-state index contributed by atoms with van der Waals surface area (Å²) in [6.45, 7) is 1.40. The summed E-state index contributed by atoms with van der Waals surface area (Å²) in [6, 6.07) is 12.3. The highest BCUT2D eigenvalue weighted by Crippen LogP contribution is 2.34. The minimum atomic E-state index is -0.139. The summed E-state index contributed by atoms with van der Waals surface area (Å²) in [5.41, 5.74) is 2.95. The Morgan fingerprint density at radius 1 is 1.08 bits per heavy atom. The summed E-state index contributed by atoms with van der Waals surface area (Å²) in [5, 5.41) is 12.3. The van der Waals surface area contributed by atoms with Gasteiger partial charge in [0.05, 0.1) is 0 Å². The third-order valence-corrected chi connectivity index (χ3v) is 4.36. The van der Waals surface area contributed by atoms with Crippen molar-refractivity contribution in [3.05, 3.63) is 54.1 Å². The molecule has 2 aromatic rings. The first kappa shape index (κ1) is 15.4. The first-order chi connectivity index (χ1) is 12.2. The average molecular weight is 338 g/mol. The van der Waals surface area contributed by atoms with Crippen molar-refractivity contribution in [2.45, 2.75) is 6.42 Å². The number of hydrogen-bond acceptors (Lipinski definition) is 4. The SMILES string of the molecule is O=C(Nc1ccc2c(c1)OCO2)N1CC=C(c2ccc(O)cc2)CC1. The first-order valence-corrected chi connectivity index (χ1v) is 8.13. The smallest absolute Gasteiger partial charge is 0.322 e. The van der Waals surface area contributed by atoms with Gasteiger partial charge in [0.15, 0.2) is 11.5 Å². The van der Waals surface area contributed by atoms with Crippen LogP contribution < -0.4 is 14.8 Å². The summed E-state index contributed by atoms with van der Waals surface area (Å²) in [5.74, 6) is 1.59. The van der Waals surface area contributed by atoms with Crippen molar-refractivity contribution >= 4 is 17.3 Å². The molecule has 0 unspecified atom stereocenters. The number of benzene rings is 2. The summed E-state index contributed by atoms with van der Waals surface area (Å²) in [7, 11) is 0. The van der Waals surface area contributed by atoms with E-state index in [1.54, 1.807) is 35.2 Å². The fourth-order valence-corrected chi connectivity index (χ4v) is 2.97. The molecule has 6 nitrogen and oxygen atoms in total. The molecule has 0 aromatic heterocycles. The van der Waals surface area contributed by atoms with E-state index in [4.69, 9.17) is 9.47 Å². The molecule has 128 valence electrons. The van der Waals surface area contributed by atoms with Gasteiger partial charge in [-0.1, -0.05) is 18.2 Å². The van der Waals surface area contributed by atoms with E-state index in [0.29, 0.717) is 30.3 Å². The van der Waals surface area contributed by atoms with Crippen molar-refractivity contribution in [2.24, 2.45) is 0 Å². The van der Waals surface area contributed by atoms with Gasteiger partial charge in [-0.05, 0) is 41.8 Å². The number of urea groups is 1. The molecule has 2 aromatic carbocycles. The number of phenolic OH excluding ortho intramolecular Hbond substituents is 1. The Kier molecular flexibility index (Phi) is 3.93. The van der Waals surface area contributed by atoms with Crippen molar-refractivity contribution < 1.29 is 19.4 Å². The van der Waals surface area contributed by atoms with Crippen LogP contribution in [0.4, 0.5) is 10.5 Å². The highest BCUT2D eigenvalue weighted by molar-refractivity contribution is 5.90. The number of rotatable bonds is 2. The molecule has 2 amide bonds. The number of ether oxygens (including phenoxy) is 2. The van der Waals surface area contributed by atoms with Crippen molar-refractivity contribution in [1.29, 1.82) is 0 Å². The summed E-state index contributed by atoms with van der Waals surface area (Å²) in [6.07, 6.45) is 2.83. The predicted octanol–water partition coefficient (Wildman–Crippen LogP) is 3.44. The minimum absolute atomic E-state index is 0.139. The zero-order chi connectivity index (χ0) is 17.2. The van der Waals surface area contributed by atoms with E-state index in [1.807, 2.05) is 12.1 Å². The normalized spacial score (nSPS) is 15.7. The Bertz CT molecular complexity index is 830. The van der Waals surface area contributed by atoms with Crippen LogP contribution >= 0.6 is 0 Å². The van der Waals surface area contributed by atoms with E-state index in [1.165, 1.54) is 5.57 Å². The van der Waals surface area contributed by atoms with E-state index in [9.17, 15) is 9.90 Å². The van der Waals surface area contributed by atoms with Gasteiger partial charge >= 0.3 is 6.03 Å². The molecule has 2 N–H and O–H groups in total. The monoisotopic (exact) mass is 338 g/mol. The van der Waals surface area contributed by atoms with E-state index < -0.39 is 0 Å². The number of anilines is 1. The maximum Gasteiger partial charge on any atom is 0.322 e. The summed E-state index contributed by atoms with van der Waals surface area (Å²) >= 11 is 0. The molecule has 2 aliphatic rings. The molecule has 4 rings (SSSR count). The second-order valence-electron chi connectivity index (χ2n) is 5.97. The Morgan fingerprint density at radius 2 is 1.88 bits per heavy atom. The van der Waals surface area contributed by atoms with Gasteiger partial charge in [-0.3, -0.25) is 0 Å². The lowest BCUT2D eigenvalue weighted by Crippen LogP contribution is -2.37. The van der Waals surface area contributed by atoms with Crippen LogP contribution in [0, 0.1) is 0 Å². The molecule has 25 heavy (non-hydrogen) atoms. The Morgan fingerprint density at radius 3 is 2.64 bits per heavy atom. The lowest BCUT2D eigenvalue weighted by molar-refractivity contribution is 0.174. The van der Waals surface area contributed by atoms with Gasteiger partial charge in [0, 0.05) is 24.8 Å². The maximum absolute atomic E-state index is 12.4. The van der Waals surface area contributed by atoms with Gasteiger partial charge in [0.25, 0.3) is 0 Å². The quantitative estimate of drug-likeness (QED) is 0.880. The van der Waals surface area contributed by atoms with Crippen LogP contribution in [-0.4, -0.2) is 35.9 Å². The molecular weight excluding hydrogens is 320 g/mol.